The standard InChI is InChI=1S/C22H23N7O2/c1-14(2)29-20-16(13-25-29)10-17(12-23-20)22(31)27-19-7-4-6-18(11-19)26-21(30)15(3)28-9-5-8-24-28/h4-15H,1-3H3,(H,26,30)(H,27,31). The van der Waals surface area contributed by atoms with Crippen molar-refractivity contribution in [3.63, 3.8) is 0 Å². The highest BCUT2D eigenvalue weighted by atomic mass is 16.2. The molecule has 0 aliphatic carbocycles. The van der Waals surface area contributed by atoms with Crippen molar-refractivity contribution in [1.29, 1.82) is 0 Å². The Hall–Kier alpha value is -4.01. The number of rotatable bonds is 6. The van der Waals surface area contributed by atoms with Crippen LogP contribution in [-0.4, -0.2) is 36.4 Å². The number of amides is 2. The predicted molar refractivity (Wildman–Crippen MR) is 118 cm³/mol. The molecule has 158 valence electrons. The van der Waals surface area contributed by atoms with E-state index in [1.165, 1.54) is 6.20 Å². The summed E-state index contributed by atoms with van der Waals surface area (Å²) in [5, 5.41) is 14.9. The highest BCUT2D eigenvalue weighted by Crippen LogP contribution is 2.20. The van der Waals surface area contributed by atoms with Gasteiger partial charge in [0.2, 0.25) is 5.91 Å². The molecule has 0 saturated carbocycles. The lowest BCUT2D eigenvalue weighted by atomic mass is 10.2. The van der Waals surface area contributed by atoms with Crippen LogP contribution in [0, 0.1) is 0 Å². The lowest BCUT2D eigenvalue weighted by Crippen LogP contribution is -2.24. The van der Waals surface area contributed by atoms with E-state index in [0.717, 1.165) is 11.0 Å². The molecule has 0 bridgehead atoms. The third-order valence-corrected chi connectivity index (χ3v) is 4.87. The van der Waals surface area contributed by atoms with Gasteiger partial charge in [0, 0.05) is 41.4 Å². The number of carbonyl (C=O) groups excluding carboxylic acids is 2. The molecule has 3 aromatic heterocycles. The summed E-state index contributed by atoms with van der Waals surface area (Å²) in [4.78, 5) is 29.6. The number of anilines is 2. The van der Waals surface area contributed by atoms with E-state index in [-0.39, 0.29) is 17.9 Å². The summed E-state index contributed by atoms with van der Waals surface area (Å²) in [6.45, 7) is 5.81. The molecule has 9 heteroatoms. The topological polar surface area (TPSA) is 107 Å². The van der Waals surface area contributed by atoms with Gasteiger partial charge in [0.05, 0.1) is 11.8 Å². The van der Waals surface area contributed by atoms with E-state index < -0.39 is 6.04 Å². The molecule has 0 saturated heterocycles. The lowest BCUT2D eigenvalue weighted by Gasteiger charge is -2.13. The van der Waals surface area contributed by atoms with Crippen molar-refractivity contribution in [3.8, 4) is 0 Å². The molecule has 0 aliphatic heterocycles. The van der Waals surface area contributed by atoms with Crippen molar-refractivity contribution in [2.24, 2.45) is 0 Å². The van der Waals surface area contributed by atoms with E-state index in [1.807, 2.05) is 18.5 Å². The van der Waals surface area contributed by atoms with Crippen LogP contribution in [0.15, 0.2) is 61.2 Å². The molecule has 1 atom stereocenters. The van der Waals surface area contributed by atoms with Crippen LogP contribution >= 0.6 is 0 Å². The Bertz CT molecular complexity index is 1230. The van der Waals surface area contributed by atoms with Crippen LogP contribution in [0.2, 0.25) is 0 Å². The van der Waals surface area contributed by atoms with E-state index in [2.05, 4.69) is 25.8 Å². The zero-order valence-corrected chi connectivity index (χ0v) is 17.5. The highest BCUT2D eigenvalue weighted by Gasteiger charge is 2.16. The second kappa shape index (κ2) is 8.39. The van der Waals surface area contributed by atoms with Crippen molar-refractivity contribution in [2.45, 2.75) is 32.9 Å². The summed E-state index contributed by atoms with van der Waals surface area (Å²) >= 11 is 0. The van der Waals surface area contributed by atoms with Crippen LogP contribution in [0.3, 0.4) is 0 Å². The average Bonchev–Trinajstić information content (AvgIpc) is 3.43. The first-order chi connectivity index (χ1) is 14.9. The number of carbonyl (C=O) groups is 2. The van der Waals surface area contributed by atoms with Gasteiger partial charge in [0.15, 0.2) is 5.65 Å². The molecule has 2 amide bonds. The second-order valence-electron chi connectivity index (χ2n) is 7.51. The fourth-order valence-corrected chi connectivity index (χ4v) is 3.20. The predicted octanol–water partition coefficient (Wildman–Crippen LogP) is 3.66. The molecule has 3 heterocycles. The molecule has 0 fully saturated rings. The van der Waals surface area contributed by atoms with E-state index in [9.17, 15) is 9.59 Å². The van der Waals surface area contributed by atoms with Crippen LogP contribution in [-0.2, 0) is 4.79 Å². The van der Waals surface area contributed by atoms with E-state index in [0.29, 0.717) is 16.9 Å². The number of nitrogens with zero attached hydrogens (tertiary/aromatic N) is 5. The van der Waals surface area contributed by atoms with Gasteiger partial charge in [0.1, 0.15) is 6.04 Å². The molecule has 1 unspecified atom stereocenters. The zero-order chi connectivity index (χ0) is 22.0. The first kappa shape index (κ1) is 20.3. The Labute approximate surface area is 179 Å². The Morgan fingerprint density at radius 1 is 0.968 bits per heavy atom. The molecule has 0 spiro atoms. The third-order valence-electron chi connectivity index (χ3n) is 4.87. The van der Waals surface area contributed by atoms with E-state index >= 15 is 0 Å². The first-order valence-corrected chi connectivity index (χ1v) is 9.97. The summed E-state index contributed by atoms with van der Waals surface area (Å²) in [6.07, 6.45) is 6.60. The Kier molecular flexibility index (Phi) is 5.48. The van der Waals surface area contributed by atoms with Gasteiger partial charge in [-0.1, -0.05) is 6.07 Å². The zero-order valence-electron chi connectivity index (χ0n) is 17.5. The molecule has 9 nitrogen and oxygen atoms in total. The summed E-state index contributed by atoms with van der Waals surface area (Å²) < 4.78 is 3.39. The minimum atomic E-state index is -0.460. The van der Waals surface area contributed by atoms with Crippen molar-refractivity contribution in [3.05, 3.63) is 66.7 Å². The van der Waals surface area contributed by atoms with E-state index in [4.69, 9.17) is 0 Å². The lowest BCUT2D eigenvalue weighted by molar-refractivity contribution is -0.119. The number of nitrogens with one attached hydrogen (secondary N) is 2. The Morgan fingerprint density at radius 2 is 1.74 bits per heavy atom. The van der Waals surface area contributed by atoms with Crippen molar-refractivity contribution in [2.75, 3.05) is 10.6 Å². The van der Waals surface area contributed by atoms with E-state index in [1.54, 1.807) is 66.6 Å². The van der Waals surface area contributed by atoms with Crippen LogP contribution in [0.1, 0.15) is 43.2 Å². The van der Waals surface area contributed by atoms with Crippen LogP contribution < -0.4 is 10.6 Å². The number of benzene rings is 1. The Morgan fingerprint density at radius 3 is 2.45 bits per heavy atom. The Balaban J connectivity index is 1.46. The third kappa shape index (κ3) is 4.30. The molecule has 2 N–H and O–H groups in total. The second-order valence-corrected chi connectivity index (χ2v) is 7.51. The summed E-state index contributed by atoms with van der Waals surface area (Å²) in [5.74, 6) is -0.496. The summed E-state index contributed by atoms with van der Waals surface area (Å²) in [6, 6.07) is 10.2. The number of pyridine rings is 1. The molecule has 31 heavy (non-hydrogen) atoms. The van der Waals surface area contributed by atoms with Gasteiger partial charge >= 0.3 is 0 Å². The van der Waals surface area contributed by atoms with Gasteiger partial charge in [-0.25, -0.2) is 9.67 Å². The van der Waals surface area contributed by atoms with Gasteiger partial charge < -0.3 is 10.6 Å². The summed E-state index contributed by atoms with van der Waals surface area (Å²) in [7, 11) is 0. The SMILES string of the molecule is CC(C(=O)Nc1cccc(NC(=O)c2cnc3c(cnn3C(C)C)c2)c1)n1cccn1. The van der Waals surface area contributed by atoms with Crippen molar-refractivity contribution in [1.82, 2.24) is 24.5 Å². The minimum absolute atomic E-state index is 0.179. The van der Waals surface area contributed by atoms with Crippen molar-refractivity contribution >= 4 is 34.2 Å². The largest absolute Gasteiger partial charge is 0.324 e. The normalized spacial score (nSPS) is 12.1. The van der Waals surface area contributed by atoms with Gasteiger partial charge in [-0.2, -0.15) is 10.2 Å². The molecule has 0 radical (unpaired) electrons. The maximum absolute atomic E-state index is 12.7. The molecular formula is C22H23N7O2. The molecular weight excluding hydrogens is 394 g/mol. The van der Waals surface area contributed by atoms with Gasteiger partial charge in [-0.3, -0.25) is 14.3 Å². The van der Waals surface area contributed by atoms with Gasteiger partial charge in [0.25, 0.3) is 5.91 Å². The first-order valence-electron chi connectivity index (χ1n) is 9.97. The van der Waals surface area contributed by atoms with Crippen LogP contribution in [0.5, 0.6) is 0 Å². The smallest absolute Gasteiger partial charge is 0.257 e. The van der Waals surface area contributed by atoms with Crippen LogP contribution in [0.4, 0.5) is 11.4 Å². The fraction of sp³-hybridized carbons (Fsp3) is 0.227. The number of fused-ring (bicyclic) bond motifs is 1. The number of hydrogen-bond acceptors (Lipinski definition) is 5. The van der Waals surface area contributed by atoms with Gasteiger partial charge in [-0.15, -0.1) is 0 Å². The number of aromatic nitrogens is 5. The monoisotopic (exact) mass is 417 g/mol. The molecule has 4 aromatic rings. The molecule has 4 rings (SSSR count). The fourth-order valence-electron chi connectivity index (χ4n) is 3.20. The van der Waals surface area contributed by atoms with Crippen molar-refractivity contribution < 1.29 is 9.59 Å². The highest BCUT2D eigenvalue weighted by molar-refractivity contribution is 6.06. The quantitative estimate of drug-likeness (QED) is 0.498. The summed E-state index contributed by atoms with van der Waals surface area (Å²) in [5.41, 5.74) is 2.31. The molecule has 1 aromatic carbocycles. The molecule has 0 aliphatic rings. The average molecular weight is 417 g/mol. The minimum Gasteiger partial charge on any atom is -0.324 e. The maximum Gasteiger partial charge on any atom is 0.257 e. The number of hydrogen-bond donors (Lipinski definition) is 2. The maximum atomic E-state index is 12.7. The van der Waals surface area contributed by atoms with Gasteiger partial charge in [-0.05, 0) is 51.1 Å². The van der Waals surface area contributed by atoms with Crippen LogP contribution in [0.25, 0.3) is 11.0 Å².